The van der Waals surface area contributed by atoms with Crippen LogP contribution >= 0.6 is 0 Å². The van der Waals surface area contributed by atoms with E-state index in [0.717, 1.165) is 16.5 Å². The number of anilines is 1. The third kappa shape index (κ3) is 2.23. The van der Waals surface area contributed by atoms with Crippen molar-refractivity contribution >= 4 is 22.5 Å². The first-order chi connectivity index (χ1) is 9.63. The molecule has 1 amide bonds. The van der Waals surface area contributed by atoms with Crippen LogP contribution in [0.1, 0.15) is 29.0 Å². The molecule has 0 saturated heterocycles. The van der Waals surface area contributed by atoms with E-state index in [4.69, 9.17) is 5.73 Å². The van der Waals surface area contributed by atoms with E-state index in [-0.39, 0.29) is 11.9 Å². The summed E-state index contributed by atoms with van der Waals surface area (Å²) >= 11 is 0. The number of nitrogens with one attached hydrogen (secondary N) is 3. The topological polar surface area (TPSA) is 99.6 Å². The second-order valence-corrected chi connectivity index (χ2v) is 4.76. The molecule has 6 heteroatoms. The van der Waals surface area contributed by atoms with E-state index in [0.29, 0.717) is 11.4 Å². The van der Waals surface area contributed by atoms with Crippen molar-refractivity contribution in [1.29, 1.82) is 0 Å². The smallest absolute Gasteiger partial charge is 0.268 e. The lowest BCUT2D eigenvalue weighted by Gasteiger charge is -2.10. The van der Waals surface area contributed by atoms with Crippen LogP contribution in [0.25, 0.3) is 10.9 Å². The van der Waals surface area contributed by atoms with Gasteiger partial charge in [-0.15, -0.1) is 0 Å². The van der Waals surface area contributed by atoms with Crippen LogP contribution in [0.15, 0.2) is 36.7 Å². The van der Waals surface area contributed by atoms with Gasteiger partial charge in [0, 0.05) is 28.4 Å². The van der Waals surface area contributed by atoms with Crippen LogP contribution in [0.2, 0.25) is 0 Å². The fraction of sp³-hybridized carbons (Fsp3) is 0.143. The maximum atomic E-state index is 12.2. The van der Waals surface area contributed by atoms with Crippen molar-refractivity contribution in [2.45, 2.75) is 13.0 Å². The van der Waals surface area contributed by atoms with Crippen molar-refractivity contribution in [3.8, 4) is 0 Å². The normalized spacial score (nSPS) is 12.4. The minimum absolute atomic E-state index is 0.113. The van der Waals surface area contributed by atoms with Crippen LogP contribution in [0.4, 0.5) is 5.69 Å². The summed E-state index contributed by atoms with van der Waals surface area (Å²) in [5, 5.41) is 10.4. The summed E-state index contributed by atoms with van der Waals surface area (Å²) in [6.45, 7) is 1.91. The van der Waals surface area contributed by atoms with Gasteiger partial charge in [0.1, 0.15) is 5.69 Å². The molecule has 0 fully saturated rings. The van der Waals surface area contributed by atoms with E-state index in [1.807, 2.05) is 19.1 Å². The third-order valence-electron chi connectivity index (χ3n) is 3.26. The zero-order valence-electron chi connectivity index (χ0n) is 11.0. The zero-order valence-corrected chi connectivity index (χ0v) is 11.0. The highest BCUT2D eigenvalue weighted by atomic mass is 16.1. The van der Waals surface area contributed by atoms with E-state index >= 15 is 0 Å². The van der Waals surface area contributed by atoms with E-state index < -0.39 is 0 Å². The van der Waals surface area contributed by atoms with Crippen molar-refractivity contribution in [2.24, 2.45) is 0 Å². The lowest BCUT2D eigenvalue weighted by molar-refractivity contribution is 0.0935. The van der Waals surface area contributed by atoms with E-state index in [2.05, 4.69) is 20.5 Å². The number of hydrogen-bond donors (Lipinski definition) is 4. The Balaban J connectivity index is 1.82. The summed E-state index contributed by atoms with van der Waals surface area (Å²) in [5.41, 5.74) is 8.74. The van der Waals surface area contributed by atoms with Gasteiger partial charge in [-0.25, -0.2) is 0 Å². The molecule has 2 aromatic heterocycles. The maximum absolute atomic E-state index is 12.2. The molecule has 1 atom stereocenters. The lowest BCUT2D eigenvalue weighted by Crippen LogP contribution is -2.26. The van der Waals surface area contributed by atoms with Crippen LogP contribution in [0.5, 0.6) is 0 Å². The Kier molecular flexibility index (Phi) is 2.90. The minimum atomic E-state index is -0.159. The largest absolute Gasteiger partial charge is 0.399 e. The van der Waals surface area contributed by atoms with E-state index in [9.17, 15) is 4.79 Å². The number of H-pyrrole nitrogens is 2. The van der Waals surface area contributed by atoms with Gasteiger partial charge in [-0.1, -0.05) is 0 Å². The minimum Gasteiger partial charge on any atom is -0.399 e. The Hall–Kier alpha value is -2.76. The molecule has 1 aromatic carbocycles. The van der Waals surface area contributed by atoms with Crippen molar-refractivity contribution < 1.29 is 4.79 Å². The number of carbonyl (C=O) groups excluding carboxylic acids is 1. The number of hydrogen-bond acceptors (Lipinski definition) is 3. The summed E-state index contributed by atoms with van der Waals surface area (Å²) in [6.07, 6.45) is 3.45. The Labute approximate surface area is 115 Å². The molecule has 2 heterocycles. The Morgan fingerprint density at radius 3 is 3.00 bits per heavy atom. The maximum Gasteiger partial charge on any atom is 0.268 e. The Morgan fingerprint density at radius 2 is 2.25 bits per heavy atom. The molecule has 20 heavy (non-hydrogen) atoms. The number of carbonyl (C=O) groups is 1. The standard InChI is InChI=1S/C14H15N5O/c1-8(10-6-16-17-7-10)18-14(20)13-5-9-4-11(15)2-3-12(9)19-13/h2-8,19H,15H2,1H3,(H,16,17)(H,18,20). The first-order valence-electron chi connectivity index (χ1n) is 6.31. The molecule has 0 radical (unpaired) electrons. The van der Waals surface area contributed by atoms with Gasteiger partial charge in [0.05, 0.1) is 12.2 Å². The SMILES string of the molecule is CC(NC(=O)c1cc2cc(N)ccc2[nH]1)c1cn[nH]c1. The molecule has 102 valence electrons. The molecule has 0 spiro atoms. The van der Waals surface area contributed by atoms with E-state index in [1.165, 1.54) is 0 Å². The molecule has 6 nitrogen and oxygen atoms in total. The van der Waals surface area contributed by atoms with Crippen LogP contribution in [-0.2, 0) is 0 Å². The molecule has 0 saturated carbocycles. The highest BCUT2D eigenvalue weighted by Crippen LogP contribution is 2.19. The molecule has 0 aliphatic heterocycles. The summed E-state index contributed by atoms with van der Waals surface area (Å²) in [6, 6.07) is 7.18. The van der Waals surface area contributed by atoms with E-state index in [1.54, 1.807) is 24.5 Å². The number of aromatic nitrogens is 3. The molecule has 0 aliphatic carbocycles. The molecule has 0 aliphatic rings. The molecule has 3 aromatic rings. The number of benzene rings is 1. The van der Waals surface area contributed by atoms with Gasteiger partial charge in [-0.2, -0.15) is 5.10 Å². The van der Waals surface area contributed by atoms with Gasteiger partial charge in [0.15, 0.2) is 0 Å². The zero-order chi connectivity index (χ0) is 14.1. The predicted molar refractivity (Wildman–Crippen MR) is 77.2 cm³/mol. The molecular weight excluding hydrogens is 254 g/mol. The summed E-state index contributed by atoms with van der Waals surface area (Å²) in [7, 11) is 0. The van der Waals surface area contributed by atoms with Crippen molar-refractivity contribution in [1.82, 2.24) is 20.5 Å². The summed E-state index contributed by atoms with van der Waals surface area (Å²) in [4.78, 5) is 15.3. The highest BCUT2D eigenvalue weighted by Gasteiger charge is 2.14. The monoisotopic (exact) mass is 269 g/mol. The molecule has 1 unspecified atom stereocenters. The average molecular weight is 269 g/mol. The number of rotatable bonds is 3. The van der Waals surface area contributed by atoms with Crippen molar-refractivity contribution in [3.05, 3.63) is 47.9 Å². The van der Waals surface area contributed by atoms with Crippen LogP contribution in [0.3, 0.4) is 0 Å². The molecule has 0 bridgehead atoms. The number of fused-ring (bicyclic) bond motifs is 1. The second-order valence-electron chi connectivity index (χ2n) is 4.76. The van der Waals surface area contributed by atoms with Crippen molar-refractivity contribution in [2.75, 3.05) is 5.73 Å². The fourth-order valence-electron chi connectivity index (χ4n) is 2.13. The molecule has 3 rings (SSSR count). The first kappa shape index (κ1) is 12.3. The third-order valence-corrected chi connectivity index (χ3v) is 3.26. The number of aromatic amines is 2. The van der Waals surface area contributed by atoms with Gasteiger partial charge in [0.25, 0.3) is 5.91 Å². The summed E-state index contributed by atoms with van der Waals surface area (Å²) < 4.78 is 0. The van der Waals surface area contributed by atoms with Gasteiger partial charge >= 0.3 is 0 Å². The average Bonchev–Trinajstić information content (AvgIpc) is 3.07. The Bertz CT molecular complexity index is 744. The highest BCUT2D eigenvalue weighted by molar-refractivity contribution is 5.98. The quantitative estimate of drug-likeness (QED) is 0.547. The Morgan fingerprint density at radius 1 is 1.40 bits per heavy atom. The summed E-state index contributed by atoms with van der Waals surface area (Å²) in [5.74, 6) is -0.159. The molecular formula is C14H15N5O. The fourth-order valence-corrected chi connectivity index (χ4v) is 2.13. The number of nitrogen functional groups attached to an aromatic ring is 1. The van der Waals surface area contributed by atoms with Gasteiger partial charge in [-0.3, -0.25) is 9.89 Å². The second kappa shape index (κ2) is 4.73. The van der Waals surface area contributed by atoms with Gasteiger partial charge in [0.2, 0.25) is 0 Å². The number of amides is 1. The van der Waals surface area contributed by atoms with Crippen LogP contribution < -0.4 is 11.1 Å². The van der Waals surface area contributed by atoms with Crippen LogP contribution in [-0.4, -0.2) is 21.1 Å². The van der Waals surface area contributed by atoms with Gasteiger partial charge < -0.3 is 16.0 Å². The lowest BCUT2D eigenvalue weighted by atomic mass is 10.2. The van der Waals surface area contributed by atoms with Crippen LogP contribution in [0, 0.1) is 0 Å². The molecule has 5 N–H and O–H groups in total. The van der Waals surface area contributed by atoms with Gasteiger partial charge in [-0.05, 0) is 31.2 Å². The number of nitrogens with two attached hydrogens (primary N) is 1. The van der Waals surface area contributed by atoms with Crippen molar-refractivity contribution in [3.63, 3.8) is 0 Å². The predicted octanol–water partition coefficient (Wildman–Crippen LogP) is 1.96. The number of nitrogens with zero attached hydrogens (tertiary/aromatic N) is 1. The first-order valence-corrected chi connectivity index (χ1v) is 6.31.